The lowest BCUT2D eigenvalue weighted by Gasteiger charge is -2.24. The van der Waals surface area contributed by atoms with Crippen molar-refractivity contribution in [2.75, 3.05) is 25.2 Å². The second-order valence-electron chi connectivity index (χ2n) is 9.56. The first-order valence-corrected chi connectivity index (χ1v) is 14.0. The number of methoxy groups -OCH3 is 1. The maximum absolute atomic E-state index is 13.5. The lowest BCUT2D eigenvalue weighted by molar-refractivity contribution is -0.143. The average Bonchev–Trinajstić information content (AvgIpc) is 3.00. The molecule has 0 unspecified atom stereocenters. The minimum atomic E-state index is -5.21. The van der Waals surface area contributed by atoms with Crippen molar-refractivity contribution >= 4 is 40.8 Å². The minimum Gasteiger partial charge on any atom is -0.496 e. The number of carbonyl (C=O) groups is 2. The van der Waals surface area contributed by atoms with Crippen molar-refractivity contribution in [2.45, 2.75) is 19.3 Å². The minimum absolute atomic E-state index is 0.0850. The fraction of sp³-hybridized carbons (Fsp3) is 0.188. The first kappa shape index (κ1) is 34.5. The van der Waals surface area contributed by atoms with Gasteiger partial charge in [0.05, 0.1) is 34.9 Å². The number of esters is 1. The molecule has 0 fully saturated rings. The van der Waals surface area contributed by atoms with Gasteiger partial charge in [-0.05, 0) is 61.0 Å². The van der Waals surface area contributed by atoms with Crippen LogP contribution < -0.4 is 14.4 Å². The number of halogens is 8. The van der Waals surface area contributed by atoms with Crippen molar-refractivity contribution in [3.63, 3.8) is 0 Å². The first-order chi connectivity index (χ1) is 21.6. The van der Waals surface area contributed by atoms with E-state index in [4.69, 9.17) is 37.4 Å². The quantitative estimate of drug-likeness (QED) is 0.130. The van der Waals surface area contributed by atoms with E-state index in [-0.39, 0.29) is 52.0 Å². The highest BCUT2D eigenvalue weighted by atomic mass is 35.5. The molecule has 1 amide bonds. The number of carbonyl (C=O) groups excluding carboxylic acids is 2. The molecule has 0 bridgehead atoms. The zero-order valence-corrected chi connectivity index (χ0v) is 25.4. The summed E-state index contributed by atoms with van der Waals surface area (Å²) in [7, 11) is 1.50. The van der Waals surface area contributed by atoms with Gasteiger partial charge in [-0.25, -0.2) is 0 Å². The lowest BCUT2D eigenvalue weighted by atomic mass is 10.0. The van der Waals surface area contributed by atoms with Gasteiger partial charge in [0, 0.05) is 16.8 Å². The van der Waals surface area contributed by atoms with Gasteiger partial charge in [0.2, 0.25) is 0 Å². The van der Waals surface area contributed by atoms with E-state index < -0.39 is 47.5 Å². The van der Waals surface area contributed by atoms with Gasteiger partial charge in [-0.2, -0.15) is 26.3 Å². The van der Waals surface area contributed by atoms with Gasteiger partial charge in [0.1, 0.15) is 18.0 Å². The molecule has 0 N–H and O–H groups in total. The summed E-state index contributed by atoms with van der Waals surface area (Å²) < 4.78 is 97.3. The molecule has 0 spiro atoms. The molecule has 14 heteroatoms. The van der Waals surface area contributed by atoms with Crippen LogP contribution in [0.25, 0.3) is 11.1 Å². The zero-order valence-electron chi connectivity index (χ0n) is 23.9. The predicted octanol–water partition coefficient (Wildman–Crippen LogP) is 9.71. The van der Waals surface area contributed by atoms with E-state index in [0.29, 0.717) is 16.2 Å². The molecule has 46 heavy (non-hydrogen) atoms. The smallest absolute Gasteiger partial charge is 0.416 e. The van der Waals surface area contributed by atoms with E-state index in [9.17, 15) is 35.9 Å². The van der Waals surface area contributed by atoms with Crippen LogP contribution in [-0.4, -0.2) is 32.1 Å². The molecule has 6 nitrogen and oxygen atoms in total. The van der Waals surface area contributed by atoms with Crippen LogP contribution in [-0.2, 0) is 21.9 Å². The average molecular weight is 686 g/mol. The van der Waals surface area contributed by atoms with Crippen LogP contribution in [0.4, 0.5) is 32.0 Å². The van der Waals surface area contributed by atoms with Crippen LogP contribution in [0.5, 0.6) is 17.2 Å². The Morgan fingerprint density at radius 1 is 0.804 bits per heavy atom. The van der Waals surface area contributed by atoms with Crippen molar-refractivity contribution in [2.24, 2.45) is 0 Å². The Bertz CT molecular complexity index is 1690. The molecule has 0 radical (unpaired) electrons. The molecule has 0 saturated carbocycles. The second kappa shape index (κ2) is 13.9. The zero-order chi connectivity index (χ0) is 33.8. The SMILES string of the molecule is CCOC(=O)CN(C(=O)c1cc(C(F)(F)F)cc(C(F)(F)F)c1)c1cc(Cl)c(Oc2ccc(OC)c(-c3ccccc3)c2)c(Cl)c1. The van der Waals surface area contributed by atoms with E-state index in [1.165, 1.54) is 14.0 Å². The van der Waals surface area contributed by atoms with Crippen LogP contribution in [0.1, 0.15) is 28.4 Å². The van der Waals surface area contributed by atoms with E-state index >= 15 is 0 Å². The van der Waals surface area contributed by atoms with Crippen molar-refractivity contribution in [3.8, 4) is 28.4 Å². The summed E-state index contributed by atoms with van der Waals surface area (Å²) in [6.45, 7) is 0.453. The normalized spacial score (nSPS) is 11.6. The molecule has 0 saturated heterocycles. The summed E-state index contributed by atoms with van der Waals surface area (Å²) in [5, 5.41) is -0.387. The molecule has 0 aromatic heterocycles. The van der Waals surface area contributed by atoms with Crippen molar-refractivity contribution in [1.82, 2.24) is 0 Å². The molecular formula is C32H23Cl2F6NO5. The van der Waals surface area contributed by atoms with E-state index in [2.05, 4.69) is 0 Å². The second-order valence-corrected chi connectivity index (χ2v) is 10.4. The number of hydrogen-bond donors (Lipinski definition) is 0. The van der Waals surface area contributed by atoms with Crippen molar-refractivity contribution in [1.29, 1.82) is 0 Å². The first-order valence-electron chi connectivity index (χ1n) is 13.3. The van der Waals surface area contributed by atoms with Gasteiger partial charge in [-0.3, -0.25) is 14.5 Å². The van der Waals surface area contributed by atoms with Gasteiger partial charge >= 0.3 is 18.3 Å². The number of amides is 1. The molecule has 0 aliphatic carbocycles. The van der Waals surface area contributed by atoms with E-state index in [1.807, 2.05) is 30.3 Å². The molecule has 4 aromatic rings. The van der Waals surface area contributed by atoms with E-state index in [0.717, 1.165) is 17.7 Å². The molecule has 4 rings (SSSR count). The molecule has 4 aromatic carbocycles. The topological polar surface area (TPSA) is 65.1 Å². The van der Waals surface area contributed by atoms with Crippen LogP contribution in [0.3, 0.4) is 0 Å². The van der Waals surface area contributed by atoms with Crippen LogP contribution in [0.15, 0.2) is 78.9 Å². The highest BCUT2D eigenvalue weighted by Crippen LogP contribution is 2.43. The molecule has 0 aliphatic heterocycles. The van der Waals surface area contributed by atoms with Gasteiger partial charge in [0.15, 0.2) is 5.75 Å². The number of anilines is 1. The summed E-state index contributed by atoms with van der Waals surface area (Å²) in [6.07, 6.45) is -10.4. The van der Waals surface area contributed by atoms with Crippen LogP contribution in [0, 0.1) is 0 Å². The summed E-state index contributed by atoms with van der Waals surface area (Å²) in [6, 6.07) is 16.8. The van der Waals surface area contributed by atoms with Gasteiger partial charge in [-0.15, -0.1) is 0 Å². The van der Waals surface area contributed by atoms with Gasteiger partial charge in [-0.1, -0.05) is 53.5 Å². The number of benzene rings is 4. The third kappa shape index (κ3) is 8.04. The Morgan fingerprint density at radius 3 is 1.91 bits per heavy atom. The summed E-state index contributed by atoms with van der Waals surface area (Å²) in [5.41, 5.74) is -3.16. The Morgan fingerprint density at radius 2 is 1.39 bits per heavy atom. The summed E-state index contributed by atoms with van der Waals surface area (Å²) >= 11 is 13.0. The Hall–Kier alpha value is -4.42. The summed E-state index contributed by atoms with van der Waals surface area (Å²) in [4.78, 5) is 26.6. The largest absolute Gasteiger partial charge is 0.496 e. The van der Waals surface area contributed by atoms with Crippen LogP contribution >= 0.6 is 23.2 Å². The molecule has 0 aliphatic rings. The lowest BCUT2D eigenvalue weighted by Crippen LogP contribution is -2.37. The van der Waals surface area contributed by atoms with Crippen molar-refractivity contribution < 1.29 is 50.1 Å². The van der Waals surface area contributed by atoms with Gasteiger partial charge in [0.25, 0.3) is 5.91 Å². The predicted molar refractivity (Wildman–Crippen MR) is 160 cm³/mol. The van der Waals surface area contributed by atoms with E-state index in [1.54, 1.807) is 18.2 Å². The standard InChI is InChI=1S/C32H23Cl2F6NO5/c1-3-45-28(42)17-41(30(43)19-11-20(31(35,36)37)13-21(12-19)32(38,39)40)22-14-25(33)29(26(34)15-22)46-23-9-10-27(44-2)24(16-23)18-7-5-4-6-8-18/h4-16H,3,17H2,1-2H3. The van der Waals surface area contributed by atoms with Gasteiger partial charge < -0.3 is 14.2 Å². The Balaban J connectivity index is 1.76. The third-order valence-electron chi connectivity index (χ3n) is 6.44. The molecule has 0 heterocycles. The number of nitrogens with zero attached hydrogens (tertiary/aromatic N) is 1. The molecular weight excluding hydrogens is 663 g/mol. The number of hydrogen-bond acceptors (Lipinski definition) is 5. The van der Waals surface area contributed by atoms with Crippen molar-refractivity contribution in [3.05, 3.63) is 106 Å². The fourth-order valence-electron chi connectivity index (χ4n) is 4.36. The summed E-state index contributed by atoms with van der Waals surface area (Å²) in [5.74, 6) is -1.65. The number of ether oxygens (including phenoxy) is 3. The Labute approximate surface area is 269 Å². The monoisotopic (exact) mass is 685 g/mol. The Kier molecular flexibility index (Phi) is 10.4. The molecule has 242 valence electrons. The number of rotatable bonds is 9. The maximum atomic E-state index is 13.5. The van der Waals surface area contributed by atoms with Crippen LogP contribution in [0.2, 0.25) is 10.0 Å². The maximum Gasteiger partial charge on any atom is 0.416 e. The molecule has 0 atom stereocenters. The fourth-order valence-corrected chi connectivity index (χ4v) is 4.91. The highest BCUT2D eigenvalue weighted by Gasteiger charge is 2.38. The highest BCUT2D eigenvalue weighted by molar-refractivity contribution is 6.38. The third-order valence-corrected chi connectivity index (χ3v) is 7.00. The number of alkyl halides is 6.